The van der Waals surface area contributed by atoms with E-state index in [-0.39, 0.29) is 17.8 Å². The molecule has 0 spiro atoms. The Morgan fingerprint density at radius 3 is 3.05 bits per heavy atom. The molecular formula is C14H15FN2OS. The quantitative estimate of drug-likeness (QED) is 0.915. The van der Waals surface area contributed by atoms with Crippen LogP contribution in [0.2, 0.25) is 0 Å². The van der Waals surface area contributed by atoms with E-state index < -0.39 is 0 Å². The molecule has 0 bridgehead atoms. The van der Waals surface area contributed by atoms with E-state index in [1.54, 1.807) is 17.0 Å². The number of amides is 1. The van der Waals surface area contributed by atoms with E-state index >= 15 is 0 Å². The van der Waals surface area contributed by atoms with Crippen LogP contribution in [0, 0.1) is 5.82 Å². The number of nitrogens with zero attached hydrogens (tertiary/aromatic N) is 1. The maximum atomic E-state index is 13.2. The van der Waals surface area contributed by atoms with Gasteiger partial charge in [0.25, 0.3) is 5.91 Å². The summed E-state index contributed by atoms with van der Waals surface area (Å²) < 4.78 is 14.1. The molecule has 1 amide bonds. The molecule has 1 fully saturated rings. The van der Waals surface area contributed by atoms with Gasteiger partial charge in [-0.15, -0.1) is 11.3 Å². The van der Waals surface area contributed by atoms with Gasteiger partial charge < -0.3 is 10.2 Å². The van der Waals surface area contributed by atoms with Crippen molar-refractivity contribution in [3.05, 3.63) is 35.0 Å². The zero-order valence-corrected chi connectivity index (χ0v) is 11.5. The van der Waals surface area contributed by atoms with Crippen LogP contribution in [0.4, 0.5) is 4.39 Å². The van der Waals surface area contributed by atoms with Crippen molar-refractivity contribution in [1.82, 2.24) is 10.2 Å². The fraction of sp³-hybridized carbons (Fsp3) is 0.357. The minimum Gasteiger partial charge on any atom is -0.337 e. The highest BCUT2D eigenvalue weighted by molar-refractivity contribution is 7.20. The topological polar surface area (TPSA) is 32.3 Å². The van der Waals surface area contributed by atoms with Crippen LogP contribution in [0.15, 0.2) is 24.3 Å². The fourth-order valence-electron chi connectivity index (χ4n) is 2.43. The molecule has 3 nitrogen and oxygen atoms in total. The second-order valence-corrected chi connectivity index (χ2v) is 5.94. The fourth-order valence-corrected chi connectivity index (χ4v) is 3.46. The first-order valence-electron chi connectivity index (χ1n) is 6.32. The van der Waals surface area contributed by atoms with E-state index in [0.717, 1.165) is 29.6 Å². The Hall–Kier alpha value is -1.46. The molecule has 5 heteroatoms. The van der Waals surface area contributed by atoms with Crippen LogP contribution in [0.5, 0.6) is 0 Å². The third-order valence-corrected chi connectivity index (χ3v) is 4.70. The number of nitrogens with one attached hydrogen (secondary N) is 1. The van der Waals surface area contributed by atoms with Crippen LogP contribution in [0.1, 0.15) is 16.1 Å². The Bertz CT molecular complexity index is 619. The largest absolute Gasteiger partial charge is 0.337 e. The lowest BCUT2D eigenvalue weighted by atomic mass is 10.2. The predicted molar refractivity (Wildman–Crippen MR) is 75.2 cm³/mol. The number of thiophene rings is 1. The second-order valence-electron chi connectivity index (χ2n) is 4.86. The summed E-state index contributed by atoms with van der Waals surface area (Å²) in [7, 11) is 1.84. The average molecular weight is 278 g/mol. The molecule has 1 N–H and O–H groups in total. The summed E-state index contributed by atoms with van der Waals surface area (Å²) in [6, 6.07) is 6.67. The maximum absolute atomic E-state index is 13.2. The highest BCUT2D eigenvalue weighted by Gasteiger charge is 2.25. The Labute approximate surface area is 115 Å². The number of benzene rings is 1. The SMILES string of the molecule is CN(C(=O)c1cc2cc(F)ccc2s1)C1CCNC1. The molecule has 2 aromatic rings. The number of carbonyl (C=O) groups excluding carboxylic acids is 1. The lowest BCUT2D eigenvalue weighted by Gasteiger charge is -2.22. The van der Waals surface area contributed by atoms with E-state index in [1.165, 1.54) is 23.5 Å². The summed E-state index contributed by atoms with van der Waals surface area (Å²) in [5.74, 6) is -0.243. The van der Waals surface area contributed by atoms with Gasteiger partial charge in [0.2, 0.25) is 0 Å². The minimum atomic E-state index is -0.266. The lowest BCUT2D eigenvalue weighted by molar-refractivity contribution is 0.0749. The van der Waals surface area contributed by atoms with Gasteiger partial charge in [-0.25, -0.2) is 4.39 Å². The highest BCUT2D eigenvalue weighted by atomic mass is 32.1. The third kappa shape index (κ3) is 2.35. The summed E-state index contributed by atoms with van der Waals surface area (Å²) in [5, 5.41) is 4.05. The lowest BCUT2D eigenvalue weighted by Crippen LogP contribution is -2.37. The number of carbonyl (C=O) groups is 1. The third-order valence-electron chi connectivity index (χ3n) is 3.59. The first-order valence-corrected chi connectivity index (χ1v) is 7.14. The Kier molecular flexibility index (Phi) is 3.24. The molecule has 0 saturated carbocycles. The monoisotopic (exact) mass is 278 g/mol. The molecule has 0 aliphatic carbocycles. The van der Waals surface area contributed by atoms with Gasteiger partial charge in [0.15, 0.2) is 0 Å². The molecule has 2 heterocycles. The van der Waals surface area contributed by atoms with Crippen molar-refractivity contribution in [3.63, 3.8) is 0 Å². The number of fused-ring (bicyclic) bond motifs is 1. The molecule has 1 atom stereocenters. The van der Waals surface area contributed by atoms with Crippen molar-refractivity contribution in [1.29, 1.82) is 0 Å². The van der Waals surface area contributed by atoms with Crippen LogP contribution in [0.25, 0.3) is 10.1 Å². The summed E-state index contributed by atoms with van der Waals surface area (Å²) in [6.45, 7) is 1.81. The van der Waals surface area contributed by atoms with Crippen molar-refractivity contribution in [2.45, 2.75) is 12.5 Å². The molecule has 1 aliphatic rings. The number of likely N-dealkylation sites (N-methyl/N-ethyl adjacent to an activating group) is 1. The number of hydrogen-bond acceptors (Lipinski definition) is 3. The van der Waals surface area contributed by atoms with E-state index in [0.29, 0.717) is 4.88 Å². The highest BCUT2D eigenvalue weighted by Crippen LogP contribution is 2.27. The van der Waals surface area contributed by atoms with E-state index in [1.807, 2.05) is 7.05 Å². The van der Waals surface area contributed by atoms with Gasteiger partial charge in [0, 0.05) is 24.3 Å². The number of rotatable bonds is 2. The molecule has 1 saturated heterocycles. The summed E-state index contributed by atoms with van der Waals surface area (Å²) in [5.41, 5.74) is 0. The van der Waals surface area contributed by atoms with Crippen molar-refractivity contribution in [2.75, 3.05) is 20.1 Å². The van der Waals surface area contributed by atoms with Gasteiger partial charge in [0.1, 0.15) is 5.82 Å². The summed E-state index contributed by atoms with van der Waals surface area (Å²) in [4.78, 5) is 14.9. The minimum absolute atomic E-state index is 0.0234. The molecule has 1 aromatic heterocycles. The van der Waals surface area contributed by atoms with Crippen LogP contribution < -0.4 is 5.32 Å². The van der Waals surface area contributed by atoms with E-state index in [9.17, 15) is 9.18 Å². The molecule has 3 rings (SSSR count). The molecule has 1 aliphatic heterocycles. The van der Waals surface area contributed by atoms with Gasteiger partial charge in [-0.3, -0.25) is 4.79 Å². The smallest absolute Gasteiger partial charge is 0.263 e. The van der Waals surface area contributed by atoms with E-state index in [4.69, 9.17) is 0 Å². The van der Waals surface area contributed by atoms with E-state index in [2.05, 4.69) is 5.32 Å². The van der Waals surface area contributed by atoms with Gasteiger partial charge in [-0.1, -0.05) is 0 Å². The van der Waals surface area contributed by atoms with Gasteiger partial charge in [0.05, 0.1) is 4.88 Å². The molecular weight excluding hydrogens is 263 g/mol. The van der Waals surface area contributed by atoms with Crippen LogP contribution in [-0.4, -0.2) is 37.0 Å². The van der Waals surface area contributed by atoms with Crippen LogP contribution in [0.3, 0.4) is 0 Å². The Morgan fingerprint density at radius 1 is 1.47 bits per heavy atom. The van der Waals surface area contributed by atoms with Crippen LogP contribution in [-0.2, 0) is 0 Å². The second kappa shape index (κ2) is 4.90. The van der Waals surface area contributed by atoms with Gasteiger partial charge in [-0.2, -0.15) is 0 Å². The average Bonchev–Trinajstić information content (AvgIpc) is 3.05. The van der Waals surface area contributed by atoms with Gasteiger partial charge in [-0.05, 0) is 42.6 Å². The molecule has 0 radical (unpaired) electrons. The normalized spacial score (nSPS) is 18.9. The van der Waals surface area contributed by atoms with Gasteiger partial charge >= 0.3 is 0 Å². The zero-order chi connectivity index (χ0) is 13.4. The van der Waals surface area contributed by atoms with Crippen LogP contribution >= 0.6 is 11.3 Å². The zero-order valence-electron chi connectivity index (χ0n) is 10.6. The predicted octanol–water partition coefficient (Wildman–Crippen LogP) is 2.47. The summed E-state index contributed by atoms with van der Waals surface area (Å²) in [6.07, 6.45) is 0.988. The Balaban J connectivity index is 1.88. The number of halogens is 1. The standard InChI is InChI=1S/C14H15FN2OS/c1-17(11-4-5-16-8-11)14(18)13-7-9-6-10(15)2-3-12(9)19-13/h2-3,6-7,11,16H,4-5,8H2,1H3. The Morgan fingerprint density at radius 2 is 2.32 bits per heavy atom. The van der Waals surface area contributed by atoms with Crippen molar-refractivity contribution in [2.24, 2.45) is 0 Å². The molecule has 1 aromatic carbocycles. The molecule has 100 valence electrons. The van der Waals surface area contributed by atoms with Crippen molar-refractivity contribution < 1.29 is 9.18 Å². The molecule has 1 unspecified atom stereocenters. The molecule has 19 heavy (non-hydrogen) atoms. The summed E-state index contributed by atoms with van der Waals surface area (Å²) >= 11 is 1.42. The van der Waals surface area contributed by atoms with Crippen molar-refractivity contribution >= 4 is 27.3 Å². The first-order chi connectivity index (χ1) is 9.15. The maximum Gasteiger partial charge on any atom is 0.263 e. The first kappa shape index (κ1) is 12.6. The number of hydrogen-bond donors (Lipinski definition) is 1. The van der Waals surface area contributed by atoms with Crippen molar-refractivity contribution in [3.8, 4) is 0 Å².